The van der Waals surface area contributed by atoms with E-state index in [0.29, 0.717) is 42.0 Å². The normalized spacial score (nSPS) is 12.2. The van der Waals surface area contributed by atoms with Crippen LogP contribution in [0.2, 0.25) is 0 Å². The Bertz CT molecular complexity index is 1860. The number of aldehydes is 1. The maximum Gasteiger partial charge on any atom is 2.00 e. The number of benzene rings is 5. The molecule has 52 heavy (non-hydrogen) atoms. The Morgan fingerprint density at radius 1 is 0.635 bits per heavy atom. The Labute approximate surface area is 337 Å². The number of nitrogens with zero attached hydrogens (tertiary/aromatic N) is 4. The number of carbonyl (C=O) groups excluding carboxylic acids is 1. The first kappa shape index (κ1) is 42.3. The van der Waals surface area contributed by atoms with Crippen LogP contribution in [0.15, 0.2) is 166 Å². The monoisotopic (exact) mass is 857 g/mol. The molecule has 13 heteroatoms. The van der Waals surface area contributed by atoms with Crippen molar-refractivity contribution in [3.8, 4) is 0 Å². The number of halogens is 1. The van der Waals surface area contributed by atoms with E-state index in [0.717, 1.165) is 11.8 Å². The zero-order valence-corrected chi connectivity index (χ0v) is 33.2. The van der Waals surface area contributed by atoms with Crippen LogP contribution in [0.4, 0.5) is 0 Å². The summed E-state index contributed by atoms with van der Waals surface area (Å²) >= 11 is 10.8. The Morgan fingerprint density at radius 3 is 1.50 bits per heavy atom. The molecule has 0 saturated carbocycles. The van der Waals surface area contributed by atoms with Gasteiger partial charge in [-0.1, -0.05) is 109 Å². The Kier molecular flexibility index (Phi) is 17.9. The van der Waals surface area contributed by atoms with Crippen LogP contribution in [0, 0.1) is 0 Å². The third-order valence-electron chi connectivity index (χ3n) is 7.69. The molecule has 0 aliphatic heterocycles. The van der Waals surface area contributed by atoms with E-state index < -0.39 is 7.26 Å². The van der Waals surface area contributed by atoms with Gasteiger partial charge in [0.15, 0.2) is 6.35 Å². The van der Waals surface area contributed by atoms with Gasteiger partial charge >= 0.3 is 17.1 Å². The SMILES string of the molecule is CNC([S-])=NN=C(C(=NN=C([S-])NCCOC[P+](c1ccccc1)(c1ccccc1)c1ccccc1)c1ccccc1)c1ccc(C=O)cc1.[Br-].[Cu+2]. The predicted octanol–water partition coefficient (Wildman–Crippen LogP) is 2.19. The molecule has 0 fully saturated rings. The van der Waals surface area contributed by atoms with Gasteiger partial charge in [0.25, 0.3) is 0 Å². The van der Waals surface area contributed by atoms with E-state index in [9.17, 15) is 4.79 Å². The second-order valence-electron chi connectivity index (χ2n) is 10.8. The number of hydrogen-bond acceptors (Lipinski definition) is 8. The van der Waals surface area contributed by atoms with Crippen LogP contribution in [0.3, 0.4) is 0 Å². The van der Waals surface area contributed by atoms with Crippen LogP contribution in [-0.4, -0.2) is 54.6 Å². The van der Waals surface area contributed by atoms with Gasteiger partial charge in [-0.25, -0.2) is 0 Å². The quantitative estimate of drug-likeness (QED) is 0.0260. The Morgan fingerprint density at radius 2 is 1.06 bits per heavy atom. The average molecular weight is 859 g/mol. The van der Waals surface area contributed by atoms with Crippen molar-refractivity contribution >= 4 is 76.5 Å². The predicted molar refractivity (Wildman–Crippen MR) is 214 cm³/mol. The second kappa shape index (κ2) is 22.1. The number of carbonyl (C=O) groups is 1. The first-order valence-corrected chi connectivity index (χ1v) is 18.6. The van der Waals surface area contributed by atoms with Gasteiger partial charge in [0.2, 0.25) is 0 Å². The van der Waals surface area contributed by atoms with Crippen LogP contribution >= 0.6 is 7.26 Å². The van der Waals surface area contributed by atoms with E-state index in [1.807, 2.05) is 48.5 Å². The molecule has 0 heterocycles. The summed E-state index contributed by atoms with van der Waals surface area (Å²) in [5.74, 6) is 0. The number of nitrogens with one attached hydrogen (secondary N) is 2. The van der Waals surface area contributed by atoms with Crippen molar-refractivity contribution in [2.75, 3.05) is 26.5 Å². The fraction of sp³-hybridized carbons (Fsp3) is 0.103. The molecule has 5 aromatic carbocycles. The molecule has 0 aromatic heterocycles. The maximum absolute atomic E-state index is 11.3. The summed E-state index contributed by atoms with van der Waals surface area (Å²) in [7, 11) is -0.454. The molecule has 2 N–H and O–H groups in total. The molecule has 0 spiro atoms. The van der Waals surface area contributed by atoms with E-state index in [1.165, 1.54) is 15.9 Å². The summed E-state index contributed by atoms with van der Waals surface area (Å²) in [6.45, 7) is 0.825. The van der Waals surface area contributed by atoms with Crippen molar-refractivity contribution in [2.24, 2.45) is 20.4 Å². The van der Waals surface area contributed by atoms with Gasteiger partial charge in [0.1, 0.15) is 40.9 Å². The molecule has 0 amide bonds. The summed E-state index contributed by atoms with van der Waals surface area (Å²) in [4.78, 5) is 11.3. The van der Waals surface area contributed by atoms with Crippen LogP contribution < -0.4 is 43.5 Å². The summed E-state index contributed by atoms with van der Waals surface area (Å²) in [5, 5.41) is 27.6. The second-order valence-corrected chi connectivity index (χ2v) is 15.0. The molecule has 0 saturated heterocycles. The molecular weight excluding hydrogens is 823 g/mol. The minimum Gasteiger partial charge on any atom is -1.00 e. The zero-order chi connectivity index (χ0) is 35.0. The van der Waals surface area contributed by atoms with E-state index >= 15 is 0 Å². The number of ether oxygens (including phenoxy) is 1. The van der Waals surface area contributed by atoms with E-state index in [1.54, 1.807) is 31.3 Å². The van der Waals surface area contributed by atoms with Crippen molar-refractivity contribution < 1.29 is 43.6 Å². The van der Waals surface area contributed by atoms with E-state index in [2.05, 4.69) is 104 Å². The fourth-order valence-electron chi connectivity index (χ4n) is 5.23. The molecule has 1 radical (unpaired) electrons. The van der Waals surface area contributed by atoms with E-state index in [-0.39, 0.29) is 44.4 Å². The topological polar surface area (TPSA) is 99.8 Å². The molecule has 0 bridgehead atoms. The molecule has 0 unspecified atom stereocenters. The molecule has 5 aromatic rings. The smallest absolute Gasteiger partial charge is 1.00 e. The van der Waals surface area contributed by atoms with Gasteiger partial charge in [-0.15, -0.1) is 10.2 Å². The molecule has 8 nitrogen and oxygen atoms in total. The van der Waals surface area contributed by atoms with Crippen LogP contribution in [0.25, 0.3) is 0 Å². The van der Waals surface area contributed by atoms with Gasteiger partial charge in [-0.3, -0.25) is 4.79 Å². The van der Waals surface area contributed by atoms with E-state index in [4.69, 9.17) is 30.0 Å². The molecule has 269 valence electrons. The average Bonchev–Trinajstić information content (AvgIpc) is 3.19. The molecule has 5 rings (SSSR count). The third kappa shape index (κ3) is 11.2. The molecular formula is C39H36BrCuN6O2PS2. The fourth-order valence-corrected chi connectivity index (χ4v) is 9.20. The van der Waals surface area contributed by atoms with Crippen LogP contribution in [0.5, 0.6) is 0 Å². The molecule has 0 atom stereocenters. The minimum absolute atomic E-state index is 0. The van der Waals surface area contributed by atoms with Crippen LogP contribution in [-0.2, 0) is 47.1 Å². The maximum atomic E-state index is 11.3. The summed E-state index contributed by atoms with van der Waals surface area (Å²) in [6, 6.07) is 48.2. The number of hydrogen-bond donors (Lipinski definition) is 2. The first-order valence-electron chi connectivity index (χ1n) is 15.9. The van der Waals surface area contributed by atoms with Crippen molar-refractivity contribution in [1.82, 2.24) is 10.6 Å². The van der Waals surface area contributed by atoms with Gasteiger partial charge in [-0.05, 0) is 46.7 Å². The summed E-state index contributed by atoms with van der Waals surface area (Å²) in [6.07, 6.45) is 1.30. The third-order valence-corrected chi connectivity index (χ3v) is 12.3. The number of rotatable bonds is 14. The van der Waals surface area contributed by atoms with Crippen molar-refractivity contribution in [3.63, 3.8) is 0 Å². The Hall–Kier alpha value is -4.12. The van der Waals surface area contributed by atoms with Crippen molar-refractivity contribution in [3.05, 3.63) is 162 Å². The van der Waals surface area contributed by atoms with Gasteiger partial charge in [0, 0.05) is 30.3 Å². The largest absolute Gasteiger partial charge is 2.00 e. The minimum atomic E-state index is -2.12. The van der Waals surface area contributed by atoms with Crippen molar-refractivity contribution in [1.29, 1.82) is 0 Å². The summed E-state index contributed by atoms with van der Waals surface area (Å²) in [5.41, 5.74) is 2.78. The first-order chi connectivity index (χ1) is 24.5. The van der Waals surface area contributed by atoms with Gasteiger partial charge < -0.3 is 57.6 Å². The molecule has 0 aliphatic carbocycles. The Balaban J connectivity index is 0.00000364. The van der Waals surface area contributed by atoms with Crippen LogP contribution in [0.1, 0.15) is 21.5 Å². The van der Waals surface area contributed by atoms with Crippen molar-refractivity contribution in [2.45, 2.75) is 0 Å². The molecule has 0 aliphatic rings. The summed E-state index contributed by atoms with van der Waals surface area (Å²) < 4.78 is 6.46. The van der Waals surface area contributed by atoms with Gasteiger partial charge in [0.05, 0.1) is 6.61 Å². The van der Waals surface area contributed by atoms with Gasteiger partial charge in [-0.2, -0.15) is 10.2 Å². The zero-order valence-electron chi connectivity index (χ0n) is 28.1. The standard InChI is InChI=1S/C39H37N6O2PS2.BrH.Cu/c1-40-38(49)44-42-37(32-24-22-30(28-46)23-25-32)36(31-14-6-2-7-15-31)43-45-39(50)41-26-27-47-29-48(33-16-8-3-9-17-33,34-18-10-4-11-19-34)35-20-12-5-13-21-35;;/h2-25,28H,26-27,29H2,1H3,(H3-,40,41,42,43,44,45,46,49,50);1H;/q;;+2/p-2. The number of amidine groups is 2.